The van der Waals surface area contributed by atoms with E-state index in [2.05, 4.69) is 39.4 Å². The Balaban J connectivity index is 0.000000147. The van der Waals surface area contributed by atoms with E-state index < -0.39 is 11.2 Å². The number of aliphatic carboxylic acids is 1. The lowest BCUT2D eigenvalue weighted by Crippen LogP contribution is -2.19. The van der Waals surface area contributed by atoms with Gasteiger partial charge in [0.15, 0.2) is 0 Å². The second-order valence-electron chi connectivity index (χ2n) is 16.5. The van der Waals surface area contributed by atoms with Crippen LogP contribution in [0.1, 0.15) is 73.4 Å². The van der Waals surface area contributed by atoms with Gasteiger partial charge in [-0.05, 0) is 110 Å². The minimum Gasteiger partial charge on any atom is -0.481 e. The van der Waals surface area contributed by atoms with Crippen LogP contribution < -0.4 is 11.1 Å². The van der Waals surface area contributed by atoms with E-state index in [0.29, 0.717) is 28.7 Å². The maximum atomic E-state index is 12.5. The second-order valence-corrected chi connectivity index (χ2v) is 18.1. The predicted octanol–water partition coefficient (Wildman–Crippen LogP) is 11.0. The number of nitrogens with two attached hydrogens (primary N) is 1. The van der Waals surface area contributed by atoms with Gasteiger partial charge >= 0.3 is 5.97 Å². The maximum Gasteiger partial charge on any atom is 0.307 e. The predicted molar refractivity (Wildman–Crippen MR) is 237 cm³/mol. The monoisotopic (exact) mass is 908 g/mol. The Morgan fingerprint density at radius 3 is 1.61 bits per heavy atom. The number of benzene rings is 3. The number of carboxylic acid groups (broad SMARTS) is 1. The van der Waals surface area contributed by atoms with E-state index in [1.54, 1.807) is 4.57 Å². The summed E-state index contributed by atoms with van der Waals surface area (Å²) in [5.74, 6) is 1.34. The second kappa shape index (κ2) is 17.5. The van der Waals surface area contributed by atoms with Crippen molar-refractivity contribution in [3.05, 3.63) is 104 Å². The first kappa shape index (κ1) is 45.1. The molecule has 0 saturated heterocycles. The largest absolute Gasteiger partial charge is 0.481 e. The third-order valence-corrected chi connectivity index (χ3v) is 11.4. The van der Waals surface area contributed by atoms with Gasteiger partial charge in [0.1, 0.15) is 0 Å². The molecule has 2 aliphatic rings. The molecule has 61 heavy (non-hydrogen) atoms. The number of hydrogen-bond donors (Lipinski definition) is 3. The number of anilines is 2. The summed E-state index contributed by atoms with van der Waals surface area (Å²) in [6.45, 7) is 15.9. The molecule has 2 saturated carbocycles. The molecule has 0 bridgehead atoms. The number of imidazole rings is 2. The van der Waals surface area contributed by atoms with Crippen LogP contribution in [0, 0.1) is 50.4 Å². The molecule has 1 amide bonds. The summed E-state index contributed by atoms with van der Waals surface area (Å²) >= 11 is 22.1. The van der Waals surface area contributed by atoms with E-state index in [1.165, 1.54) is 12.1 Å². The number of aromatic nitrogens is 6. The molecule has 2 atom stereocenters. The summed E-state index contributed by atoms with van der Waals surface area (Å²) in [5, 5.41) is 19.2. The third-order valence-electron chi connectivity index (χ3n) is 10.4. The van der Waals surface area contributed by atoms with Crippen molar-refractivity contribution in [2.24, 2.45) is 22.7 Å². The smallest absolute Gasteiger partial charge is 0.307 e. The number of hydrogen-bond acceptors (Lipinski definition) is 10. The first-order valence-corrected chi connectivity index (χ1v) is 20.6. The molecular weight excluding hydrogens is 866 g/mol. The van der Waals surface area contributed by atoms with E-state index in [4.69, 9.17) is 66.3 Å². The van der Waals surface area contributed by atoms with Crippen LogP contribution in [-0.2, 0) is 9.59 Å². The molecule has 14 nitrogen and oxygen atoms in total. The number of fused-ring (bicyclic) bond motifs is 2. The van der Waals surface area contributed by atoms with E-state index in [1.807, 2.05) is 94.6 Å². The van der Waals surface area contributed by atoms with Crippen LogP contribution in [0.2, 0.25) is 15.1 Å². The highest BCUT2D eigenvalue weighted by atomic mass is 35.5. The van der Waals surface area contributed by atoms with Crippen LogP contribution in [0.3, 0.4) is 0 Å². The van der Waals surface area contributed by atoms with Gasteiger partial charge in [0, 0.05) is 23.1 Å². The average molecular weight is 911 g/mol. The summed E-state index contributed by atoms with van der Waals surface area (Å²) in [6.07, 6.45) is 1.75. The summed E-state index contributed by atoms with van der Waals surface area (Å²) in [5.41, 5.74) is 13.5. The molecule has 0 spiro atoms. The SMILES string of the molecule is CC1(C)C[C@@H]1C(=O)O.Cc1ccc2nc(N)n(-c3cc(C)no3)c2c1.Cc1ccc2nc(NC(=O)[C@H]3CC3(C)C)n(-c3cc(C)no3)c2c1.O=C(Cl)c1c(Cl)cc(Cl)cc1Cl. The number of nitrogens with zero attached hydrogens (tertiary/aromatic N) is 6. The van der Waals surface area contributed by atoms with E-state index >= 15 is 0 Å². The van der Waals surface area contributed by atoms with Crippen LogP contribution in [0.4, 0.5) is 11.9 Å². The van der Waals surface area contributed by atoms with Gasteiger partial charge in [-0.15, -0.1) is 0 Å². The normalized spacial score (nSPS) is 16.7. The van der Waals surface area contributed by atoms with Crippen LogP contribution in [-0.4, -0.2) is 51.6 Å². The number of halogens is 4. The van der Waals surface area contributed by atoms with Crippen LogP contribution in [0.5, 0.6) is 0 Å². The fraction of sp³-hybridized carbons (Fsp3) is 0.326. The zero-order valence-corrected chi connectivity index (χ0v) is 37.6. The molecule has 0 aliphatic heterocycles. The zero-order valence-electron chi connectivity index (χ0n) is 34.6. The number of nitrogens with one attached hydrogen (secondary N) is 1. The minimum atomic E-state index is -0.693. The molecule has 4 aromatic heterocycles. The number of amides is 1. The molecular formula is C43H44Cl4N8O6. The van der Waals surface area contributed by atoms with Gasteiger partial charge in [-0.25, -0.2) is 19.1 Å². The van der Waals surface area contributed by atoms with E-state index in [9.17, 15) is 14.4 Å². The fourth-order valence-corrected chi connectivity index (χ4v) is 7.86. The van der Waals surface area contributed by atoms with E-state index in [0.717, 1.165) is 57.4 Å². The lowest BCUT2D eigenvalue weighted by molar-refractivity contribution is -0.139. The lowest BCUT2D eigenvalue weighted by Gasteiger charge is -2.08. The molecule has 4 N–H and O–H groups in total. The van der Waals surface area contributed by atoms with Gasteiger partial charge < -0.3 is 19.9 Å². The number of nitrogen functional groups attached to an aromatic ring is 1. The van der Waals surface area contributed by atoms with Crippen LogP contribution in [0.25, 0.3) is 33.8 Å². The Labute approximate surface area is 371 Å². The Kier molecular flexibility index (Phi) is 13.0. The zero-order chi connectivity index (χ0) is 44.7. The molecule has 0 radical (unpaired) electrons. The molecule has 4 heterocycles. The molecule has 3 aromatic carbocycles. The maximum absolute atomic E-state index is 12.5. The summed E-state index contributed by atoms with van der Waals surface area (Å²) in [7, 11) is 0. The van der Waals surface area contributed by atoms with E-state index in [-0.39, 0.29) is 44.2 Å². The number of aryl methyl sites for hydroxylation is 4. The number of carbonyl (C=O) groups is 3. The van der Waals surface area contributed by atoms with Gasteiger partial charge in [-0.1, -0.05) is 84.9 Å². The first-order valence-electron chi connectivity index (χ1n) is 19.1. The molecule has 320 valence electrons. The van der Waals surface area contributed by atoms with Crippen molar-refractivity contribution in [3.8, 4) is 11.8 Å². The highest BCUT2D eigenvalue weighted by Crippen LogP contribution is 2.52. The highest BCUT2D eigenvalue weighted by Gasteiger charge is 2.51. The number of carboxylic acids is 1. The molecule has 9 rings (SSSR count). The Morgan fingerprint density at radius 2 is 1.20 bits per heavy atom. The van der Waals surface area contributed by atoms with Crippen molar-refractivity contribution in [2.75, 3.05) is 11.1 Å². The summed E-state index contributed by atoms with van der Waals surface area (Å²) in [6, 6.07) is 18.4. The Morgan fingerprint density at radius 1 is 0.738 bits per heavy atom. The van der Waals surface area contributed by atoms with Crippen molar-refractivity contribution >= 4 is 97.5 Å². The van der Waals surface area contributed by atoms with Gasteiger partial charge in [0.05, 0.1) is 55.0 Å². The van der Waals surface area contributed by atoms with Crippen molar-refractivity contribution < 1.29 is 28.5 Å². The lowest BCUT2D eigenvalue weighted by atomic mass is 10.1. The molecule has 2 fully saturated rings. The summed E-state index contributed by atoms with van der Waals surface area (Å²) in [4.78, 5) is 42.3. The van der Waals surface area contributed by atoms with Gasteiger partial charge in [0.25, 0.3) is 5.24 Å². The van der Waals surface area contributed by atoms with Crippen molar-refractivity contribution in [1.29, 1.82) is 0 Å². The van der Waals surface area contributed by atoms with Crippen molar-refractivity contribution in [1.82, 2.24) is 29.4 Å². The number of rotatable bonds is 6. The topological polar surface area (TPSA) is 197 Å². The first-order chi connectivity index (χ1) is 28.6. The molecule has 18 heteroatoms. The fourth-order valence-electron chi connectivity index (χ4n) is 6.57. The van der Waals surface area contributed by atoms with Gasteiger partial charge in [-0.3, -0.25) is 19.7 Å². The standard InChI is InChI=1S/C18H20N4O2.C12H12N4O.C7H2Cl4O.C6H10O2/c1-10-5-6-13-14(7-10)22(15-8-11(2)21-24-15)17(19-13)20-16(23)12-9-18(12,3)4;1-7-3-4-9-10(5-7)16(12(13)14-9)11-6-8(2)15-17-11;8-3-1-4(9)6(7(11)12)5(10)2-3;1-6(2)3-4(6)5(7)8/h5-8,12H,9H2,1-4H3,(H,19,20,23);3-6H,1-2H3,(H2,13,14);1-2H;4H,3H2,1-2H3,(H,7,8)/t12-;;;4-/m1..1/s1. The third kappa shape index (κ3) is 10.4. The molecule has 0 unspecified atom stereocenters. The van der Waals surface area contributed by atoms with Crippen molar-refractivity contribution in [3.63, 3.8) is 0 Å². The molecule has 7 aromatic rings. The van der Waals surface area contributed by atoms with Crippen LogP contribution in [0.15, 0.2) is 69.7 Å². The Hall–Kier alpha value is -5.41. The summed E-state index contributed by atoms with van der Waals surface area (Å²) < 4.78 is 14.2. The average Bonchev–Trinajstić information content (AvgIpc) is 3.56. The minimum absolute atomic E-state index is 0.00418. The number of carbonyl (C=O) groups excluding carboxylic acids is 2. The van der Waals surface area contributed by atoms with Gasteiger partial charge in [0.2, 0.25) is 29.6 Å². The van der Waals surface area contributed by atoms with Crippen LogP contribution >= 0.6 is 46.4 Å². The van der Waals surface area contributed by atoms with Crippen molar-refractivity contribution in [2.45, 2.75) is 68.2 Å². The molecule has 2 aliphatic carbocycles. The highest BCUT2D eigenvalue weighted by molar-refractivity contribution is 6.70. The van der Waals surface area contributed by atoms with Gasteiger partial charge in [-0.2, -0.15) is 0 Å². The Bertz CT molecular complexity index is 2780. The quantitative estimate of drug-likeness (QED) is 0.134.